The Labute approximate surface area is 139 Å². The van der Waals surface area contributed by atoms with Crippen molar-refractivity contribution in [3.05, 3.63) is 18.0 Å². The molecule has 2 fully saturated rings. The van der Waals surface area contributed by atoms with Crippen LogP contribution in [0.15, 0.2) is 12.3 Å². The number of nitrogens with zero attached hydrogens (tertiary/aromatic N) is 3. The summed E-state index contributed by atoms with van der Waals surface area (Å²) in [5.41, 5.74) is 2.19. The van der Waals surface area contributed by atoms with E-state index < -0.39 is 0 Å². The first-order valence-electron chi connectivity index (χ1n) is 8.53. The summed E-state index contributed by atoms with van der Waals surface area (Å²) >= 11 is 0. The lowest BCUT2D eigenvalue weighted by Gasteiger charge is -2.23. The molecule has 2 aliphatic rings. The first kappa shape index (κ1) is 15.1. The Balaban J connectivity index is 1.45. The van der Waals surface area contributed by atoms with E-state index in [1.165, 1.54) is 12.8 Å². The highest BCUT2D eigenvalue weighted by Gasteiger charge is 2.38. The van der Waals surface area contributed by atoms with Gasteiger partial charge in [-0.1, -0.05) is 12.8 Å². The molecule has 2 aromatic heterocycles. The summed E-state index contributed by atoms with van der Waals surface area (Å²) in [5.74, 6) is -0.272. The van der Waals surface area contributed by atoms with E-state index in [0.29, 0.717) is 30.3 Å². The third-order valence-electron chi connectivity index (χ3n) is 5.16. The minimum Gasteiger partial charge on any atom is -0.339 e. The van der Waals surface area contributed by atoms with Gasteiger partial charge in [-0.15, -0.1) is 0 Å². The standard InChI is InChI=1S/C17H21N5O2/c1-10-14-7-12(8-18-16(14)21-20-10)19-17(24)11-6-15(23)22(9-11)13-4-2-3-5-13/h7-8,11,13H,2-6,9H2,1H3,(H,19,24)(H,18,20,21). The lowest BCUT2D eigenvalue weighted by molar-refractivity contribution is -0.129. The van der Waals surface area contributed by atoms with Crippen molar-refractivity contribution in [2.75, 3.05) is 11.9 Å². The van der Waals surface area contributed by atoms with E-state index in [-0.39, 0.29) is 17.7 Å². The van der Waals surface area contributed by atoms with Crippen LogP contribution < -0.4 is 5.32 Å². The molecular formula is C17H21N5O2. The maximum atomic E-state index is 12.5. The topological polar surface area (TPSA) is 91.0 Å². The Hall–Kier alpha value is -2.44. The zero-order valence-electron chi connectivity index (χ0n) is 13.7. The number of aromatic amines is 1. The molecule has 1 aliphatic heterocycles. The number of rotatable bonds is 3. The maximum Gasteiger partial charge on any atom is 0.229 e. The molecule has 2 N–H and O–H groups in total. The van der Waals surface area contributed by atoms with Gasteiger partial charge in [-0.3, -0.25) is 14.7 Å². The van der Waals surface area contributed by atoms with Gasteiger partial charge in [0.1, 0.15) is 0 Å². The van der Waals surface area contributed by atoms with Crippen molar-refractivity contribution in [2.24, 2.45) is 5.92 Å². The molecule has 2 amide bonds. The van der Waals surface area contributed by atoms with Gasteiger partial charge in [0.05, 0.1) is 17.8 Å². The Kier molecular flexibility index (Phi) is 3.70. The zero-order valence-corrected chi connectivity index (χ0v) is 13.7. The third kappa shape index (κ3) is 2.64. The van der Waals surface area contributed by atoms with Crippen LogP contribution in [0.5, 0.6) is 0 Å². The molecule has 1 atom stereocenters. The second-order valence-corrected chi connectivity index (χ2v) is 6.82. The van der Waals surface area contributed by atoms with Crippen LogP contribution in [-0.2, 0) is 9.59 Å². The number of hydrogen-bond acceptors (Lipinski definition) is 4. The normalized spacial score (nSPS) is 21.8. The summed E-state index contributed by atoms with van der Waals surface area (Å²) in [6.45, 7) is 2.45. The molecule has 0 spiro atoms. The quantitative estimate of drug-likeness (QED) is 0.902. The molecule has 0 aromatic carbocycles. The number of carbonyl (C=O) groups is 2. The maximum absolute atomic E-state index is 12.5. The molecule has 7 heteroatoms. The van der Waals surface area contributed by atoms with Crippen LogP contribution >= 0.6 is 0 Å². The lowest BCUT2D eigenvalue weighted by Crippen LogP contribution is -2.35. The fourth-order valence-corrected chi connectivity index (χ4v) is 3.81. The molecule has 0 radical (unpaired) electrons. The highest BCUT2D eigenvalue weighted by Crippen LogP contribution is 2.30. The second kappa shape index (κ2) is 5.89. The number of pyridine rings is 1. The average Bonchev–Trinajstić information content (AvgIpc) is 3.28. The molecule has 24 heavy (non-hydrogen) atoms. The number of fused-ring (bicyclic) bond motifs is 1. The van der Waals surface area contributed by atoms with Crippen molar-refractivity contribution in [1.29, 1.82) is 0 Å². The summed E-state index contributed by atoms with van der Waals surface area (Å²) in [6, 6.07) is 2.20. The van der Waals surface area contributed by atoms with Crippen LogP contribution in [0.2, 0.25) is 0 Å². The van der Waals surface area contributed by atoms with Crippen LogP contribution in [0.1, 0.15) is 37.8 Å². The van der Waals surface area contributed by atoms with E-state index in [2.05, 4.69) is 20.5 Å². The zero-order chi connectivity index (χ0) is 16.7. The molecule has 1 saturated heterocycles. The number of hydrogen-bond donors (Lipinski definition) is 2. The van der Waals surface area contributed by atoms with Crippen molar-refractivity contribution in [3.63, 3.8) is 0 Å². The van der Waals surface area contributed by atoms with Crippen LogP contribution in [0.25, 0.3) is 11.0 Å². The molecule has 3 heterocycles. The number of aromatic nitrogens is 3. The highest BCUT2D eigenvalue weighted by atomic mass is 16.2. The largest absolute Gasteiger partial charge is 0.339 e. The molecule has 126 valence electrons. The van der Waals surface area contributed by atoms with E-state index in [4.69, 9.17) is 0 Å². The predicted octanol–water partition coefficient (Wildman–Crippen LogP) is 2.00. The van der Waals surface area contributed by atoms with Gasteiger partial charge >= 0.3 is 0 Å². The Bertz CT molecular complexity index is 793. The molecule has 1 saturated carbocycles. The fraction of sp³-hybridized carbons (Fsp3) is 0.529. The number of anilines is 1. The van der Waals surface area contributed by atoms with Crippen molar-refractivity contribution in [1.82, 2.24) is 20.1 Å². The Morgan fingerprint density at radius 3 is 2.96 bits per heavy atom. The molecule has 0 bridgehead atoms. The molecule has 2 aromatic rings. The van der Waals surface area contributed by atoms with E-state index in [9.17, 15) is 9.59 Å². The van der Waals surface area contributed by atoms with Crippen molar-refractivity contribution < 1.29 is 9.59 Å². The van der Waals surface area contributed by atoms with Gasteiger partial charge in [0.2, 0.25) is 11.8 Å². The molecule has 1 unspecified atom stereocenters. The summed E-state index contributed by atoms with van der Waals surface area (Å²) in [4.78, 5) is 30.9. The van der Waals surface area contributed by atoms with Gasteiger partial charge in [0.15, 0.2) is 5.65 Å². The van der Waals surface area contributed by atoms with Crippen LogP contribution in [0, 0.1) is 12.8 Å². The monoisotopic (exact) mass is 327 g/mol. The number of likely N-dealkylation sites (tertiary alicyclic amines) is 1. The van der Waals surface area contributed by atoms with Gasteiger partial charge in [0, 0.05) is 30.1 Å². The molecular weight excluding hydrogens is 306 g/mol. The smallest absolute Gasteiger partial charge is 0.229 e. The number of aryl methyl sites for hydroxylation is 1. The predicted molar refractivity (Wildman–Crippen MR) is 89.3 cm³/mol. The molecule has 4 rings (SSSR count). The average molecular weight is 327 g/mol. The van der Waals surface area contributed by atoms with Gasteiger partial charge < -0.3 is 10.2 Å². The number of nitrogens with one attached hydrogen (secondary N) is 2. The van der Waals surface area contributed by atoms with E-state index in [0.717, 1.165) is 23.9 Å². The molecule has 1 aliphatic carbocycles. The van der Waals surface area contributed by atoms with Crippen LogP contribution in [0.3, 0.4) is 0 Å². The lowest BCUT2D eigenvalue weighted by atomic mass is 10.1. The van der Waals surface area contributed by atoms with Crippen molar-refractivity contribution in [2.45, 2.75) is 45.1 Å². The second-order valence-electron chi connectivity index (χ2n) is 6.82. The van der Waals surface area contributed by atoms with Gasteiger partial charge in [-0.05, 0) is 25.8 Å². The number of H-pyrrole nitrogens is 1. The van der Waals surface area contributed by atoms with E-state index in [1.54, 1.807) is 6.20 Å². The van der Waals surface area contributed by atoms with Crippen molar-refractivity contribution >= 4 is 28.5 Å². The summed E-state index contributed by atoms with van der Waals surface area (Å²) < 4.78 is 0. The third-order valence-corrected chi connectivity index (χ3v) is 5.16. The van der Waals surface area contributed by atoms with E-state index in [1.807, 2.05) is 17.9 Å². The minimum atomic E-state index is -0.278. The number of carbonyl (C=O) groups excluding carboxylic acids is 2. The number of amides is 2. The highest BCUT2D eigenvalue weighted by molar-refractivity contribution is 5.98. The van der Waals surface area contributed by atoms with Crippen molar-refractivity contribution in [3.8, 4) is 0 Å². The first-order valence-corrected chi connectivity index (χ1v) is 8.53. The summed E-state index contributed by atoms with van der Waals surface area (Å²) in [6.07, 6.45) is 6.41. The SMILES string of the molecule is Cc1[nH]nc2ncc(NC(=O)C3CC(=O)N(C4CCCC4)C3)cc12. The first-order chi connectivity index (χ1) is 11.6. The van der Waals surface area contributed by atoms with E-state index >= 15 is 0 Å². The fourth-order valence-electron chi connectivity index (χ4n) is 3.81. The molecule has 7 nitrogen and oxygen atoms in total. The van der Waals surface area contributed by atoms with Gasteiger partial charge in [-0.2, -0.15) is 5.10 Å². The summed E-state index contributed by atoms with van der Waals surface area (Å²) in [5, 5.41) is 10.8. The van der Waals surface area contributed by atoms with Gasteiger partial charge in [-0.25, -0.2) is 4.98 Å². The Morgan fingerprint density at radius 2 is 2.17 bits per heavy atom. The van der Waals surface area contributed by atoms with Crippen LogP contribution in [-0.4, -0.2) is 44.5 Å². The Morgan fingerprint density at radius 1 is 1.38 bits per heavy atom. The summed E-state index contributed by atoms with van der Waals surface area (Å²) in [7, 11) is 0. The van der Waals surface area contributed by atoms with Crippen LogP contribution in [0.4, 0.5) is 5.69 Å². The van der Waals surface area contributed by atoms with Gasteiger partial charge in [0.25, 0.3) is 0 Å². The minimum absolute atomic E-state index is 0.105.